The Hall–Kier alpha value is -4.33. The number of nitrogens with one attached hydrogen (secondary N) is 2. The Kier molecular flexibility index (Phi) is 6.82. The van der Waals surface area contributed by atoms with Gasteiger partial charge < -0.3 is 39.4 Å². The van der Waals surface area contributed by atoms with Gasteiger partial charge in [-0.25, -0.2) is 9.59 Å². The third-order valence-corrected chi connectivity index (χ3v) is 7.49. The Morgan fingerprint density at radius 2 is 1.46 bits per heavy atom. The predicted octanol–water partition coefficient (Wildman–Crippen LogP) is 2.29. The molecule has 3 saturated heterocycles. The number of aromatic nitrogens is 3. The molecule has 2 aromatic carbocycles. The molecule has 3 fully saturated rings. The highest BCUT2D eigenvalue weighted by Crippen LogP contribution is 2.28. The maximum atomic E-state index is 12.6. The van der Waals surface area contributed by atoms with E-state index in [4.69, 9.17) is 33.9 Å². The lowest BCUT2D eigenvalue weighted by Crippen LogP contribution is -2.38. The van der Waals surface area contributed by atoms with E-state index < -0.39 is 6.03 Å². The van der Waals surface area contributed by atoms with Gasteiger partial charge in [0.05, 0.1) is 32.0 Å². The fraction of sp³-hybridized carbons (Fsp3) is 0.393. The van der Waals surface area contributed by atoms with Crippen molar-refractivity contribution in [2.24, 2.45) is 0 Å². The van der Waals surface area contributed by atoms with E-state index in [1.807, 2.05) is 12.1 Å². The summed E-state index contributed by atoms with van der Waals surface area (Å²) in [5.74, 6) is 1.38. The van der Waals surface area contributed by atoms with Gasteiger partial charge in [0.15, 0.2) is 5.82 Å². The summed E-state index contributed by atoms with van der Waals surface area (Å²) in [5.41, 5.74) is 3.24. The van der Waals surface area contributed by atoms with Crippen molar-refractivity contribution in [3.05, 3.63) is 53.6 Å². The van der Waals surface area contributed by atoms with Crippen LogP contribution in [-0.2, 0) is 25.6 Å². The van der Waals surface area contributed by atoms with Crippen LogP contribution >= 0.6 is 0 Å². The van der Waals surface area contributed by atoms with Crippen LogP contribution in [-0.4, -0.2) is 91.8 Å². The molecule has 13 heteroatoms. The van der Waals surface area contributed by atoms with Gasteiger partial charge in [-0.3, -0.25) is 0 Å². The molecule has 2 atom stereocenters. The first kappa shape index (κ1) is 25.6. The monoisotopic (exact) mass is 559 g/mol. The van der Waals surface area contributed by atoms with Crippen LogP contribution in [0.3, 0.4) is 0 Å². The number of ether oxygens (including phenoxy) is 4. The second kappa shape index (κ2) is 10.9. The van der Waals surface area contributed by atoms with Gasteiger partial charge in [-0.05, 0) is 42.5 Å². The minimum Gasteiger partial charge on any atom is -0.457 e. The number of carbonyl (C=O) groups excluding carboxylic acids is 2. The van der Waals surface area contributed by atoms with Crippen molar-refractivity contribution in [2.45, 2.75) is 18.8 Å². The SMILES string of the molecule is O=C(Nc1ccc(-c2nc(N3CCOCC3)nc(N3C[C@H]4OCCO[C@@H]4C3)n2)cc1)Nc1ccc2c(c1)COC2=O. The first-order chi connectivity index (χ1) is 20.1. The fourth-order valence-corrected chi connectivity index (χ4v) is 5.36. The molecule has 7 rings (SSSR count). The van der Waals surface area contributed by atoms with E-state index in [1.54, 1.807) is 30.3 Å². The van der Waals surface area contributed by atoms with Crippen molar-refractivity contribution in [3.8, 4) is 11.4 Å². The maximum Gasteiger partial charge on any atom is 0.338 e. The molecule has 41 heavy (non-hydrogen) atoms. The molecule has 0 aliphatic carbocycles. The lowest BCUT2D eigenvalue weighted by atomic mass is 10.1. The Morgan fingerprint density at radius 3 is 2.20 bits per heavy atom. The van der Waals surface area contributed by atoms with E-state index >= 15 is 0 Å². The standard InChI is InChI=1S/C28H29N7O6/c36-25-21-6-5-20(13-18(21)16-41-25)30-28(37)29-19-3-1-17(2-4-19)24-31-26(34-7-9-38-10-8-34)33-27(32-24)35-14-22-23(15-35)40-12-11-39-22/h1-6,13,22-23H,7-12,14-16H2,(H2,29,30,37)/t22-,23-/m1/s1. The number of hydrogen-bond donors (Lipinski definition) is 2. The number of fused-ring (bicyclic) bond motifs is 2. The van der Waals surface area contributed by atoms with E-state index in [1.165, 1.54) is 0 Å². The summed E-state index contributed by atoms with van der Waals surface area (Å²) < 4.78 is 22.3. The van der Waals surface area contributed by atoms with Crippen LogP contribution in [0.5, 0.6) is 0 Å². The van der Waals surface area contributed by atoms with Gasteiger partial charge in [0.1, 0.15) is 18.8 Å². The Bertz CT molecular complexity index is 1450. The number of rotatable bonds is 5. The molecule has 4 aliphatic heterocycles. The molecule has 13 nitrogen and oxygen atoms in total. The number of anilines is 4. The predicted molar refractivity (Wildman–Crippen MR) is 148 cm³/mol. The molecule has 0 spiro atoms. The molecule has 0 unspecified atom stereocenters. The lowest BCUT2D eigenvalue weighted by molar-refractivity contribution is -0.116. The minimum absolute atomic E-state index is 0.0000600. The zero-order chi connectivity index (χ0) is 27.8. The number of esters is 1. The number of urea groups is 1. The van der Waals surface area contributed by atoms with Crippen LogP contribution in [0.4, 0.5) is 28.1 Å². The normalized spacial score (nSPS) is 21.7. The van der Waals surface area contributed by atoms with Crippen LogP contribution in [0.25, 0.3) is 11.4 Å². The smallest absolute Gasteiger partial charge is 0.338 e. The van der Waals surface area contributed by atoms with Crippen molar-refractivity contribution in [1.29, 1.82) is 0 Å². The van der Waals surface area contributed by atoms with Gasteiger partial charge in [0.25, 0.3) is 0 Å². The molecule has 1 aromatic heterocycles. The van der Waals surface area contributed by atoms with Gasteiger partial charge in [0, 0.05) is 48.7 Å². The van der Waals surface area contributed by atoms with Gasteiger partial charge in [-0.15, -0.1) is 0 Å². The second-order valence-electron chi connectivity index (χ2n) is 10.2. The third kappa shape index (κ3) is 5.38. The second-order valence-corrected chi connectivity index (χ2v) is 10.2. The molecule has 3 aromatic rings. The minimum atomic E-state index is -0.403. The van der Waals surface area contributed by atoms with Crippen molar-refractivity contribution in [3.63, 3.8) is 0 Å². The molecule has 212 valence electrons. The average molecular weight is 560 g/mol. The van der Waals surface area contributed by atoms with Gasteiger partial charge >= 0.3 is 12.0 Å². The molecule has 4 aliphatic rings. The zero-order valence-electron chi connectivity index (χ0n) is 22.2. The zero-order valence-corrected chi connectivity index (χ0v) is 22.2. The quantitative estimate of drug-likeness (QED) is 0.445. The van der Waals surface area contributed by atoms with Gasteiger partial charge in [-0.1, -0.05) is 0 Å². The van der Waals surface area contributed by atoms with Crippen LogP contribution in [0.2, 0.25) is 0 Å². The maximum absolute atomic E-state index is 12.6. The van der Waals surface area contributed by atoms with Crippen molar-refractivity contribution in [1.82, 2.24) is 15.0 Å². The first-order valence-electron chi connectivity index (χ1n) is 13.6. The average Bonchev–Trinajstić information content (AvgIpc) is 3.61. The number of morpholine rings is 1. The third-order valence-electron chi connectivity index (χ3n) is 7.49. The van der Waals surface area contributed by atoms with Crippen molar-refractivity contribution < 1.29 is 28.5 Å². The Labute approximate surface area is 235 Å². The number of cyclic esters (lactones) is 1. The number of nitrogens with zero attached hydrogens (tertiary/aromatic N) is 5. The van der Waals surface area contributed by atoms with Crippen LogP contribution in [0.1, 0.15) is 15.9 Å². The summed E-state index contributed by atoms with van der Waals surface area (Å²) >= 11 is 0. The van der Waals surface area contributed by atoms with E-state index in [2.05, 4.69) is 20.4 Å². The van der Waals surface area contributed by atoms with Gasteiger partial charge in [0.2, 0.25) is 11.9 Å². The number of amides is 2. The molecular weight excluding hydrogens is 530 g/mol. The number of benzene rings is 2. The molecule has 5 heterocycles. The molecular formula is C28H29N7O6. The Morgan fingerprint density at radius 1 is 0.805 bits per heavy atom. The summed E-state index contributed by atoms with van der Waals surface area (Å²) in [6, 6.07) is 12.0. The summed E-state index contributed by atoms with van der Waals surface area (Å²) in [4.78, 5) is 42.9. The molecule has 2 amide bonds. The largest absolute Gasteiger partial charge is 0.457 e. The molecule has 2 N–H and O–H groups in total. The summed E-state index contributed by atoms with van der Waals surface area (Å²) in [7, 11) is 0. The molecule has 0 saturated carbocycles. The van der Waals surface area contributed by atoms with Crippen LogP contribution < -0.4 is 20.4 Å². The van der Waals surface area contributed by atoms with Crippen molar-refractivity contribution >= 4 is 35.3 Å². The van der Waals surface area contributed by atoms with E-state index in [0.29, 0.717) is 87.3 Å². The highest BCUT2D eigenvalue weighted by Gasteiger charge is 2.38. The highest BCUT2D eigenvalue weighted by molar-refractivity contribution is 6.01. The molecule has 0 bridgehead atoms. The van der Waals surface area contributed by atoms with E-state index in [-0.39, 0.29) is 24.8 Å². The van der Waals surface area contributed by atoms with Crippen molar-refractivity contribution in [2.75, 3.05) is 73.0 Å². The number of hydrogen-bond acceptors (Lipinski definition) is 11. The van der Waals surface area contributed by atoms with E-state index in [0.717, 1.165) is 11.1 Å². The first-order valence-corrected chi connectivity index (χ1v) is 13.6. The van der Waals surface area contributed by atoms with Crippen LogP contribution in [0.15, 0.2) is 42.5 Å². The summed E-state index contributed by atoms with van der Waals surface area (Å²) in [6.45, 7) is 5.34. The topological polar surface area (TPSA) is 140 Å². The summed E-state index contributed by atoms with van der Waals surface area (Å²) in [5, 5.41) is 5.63. The summed E-state index contributed by atoms with van der Waals surface area (Å²) in [6.07, 6.45) is -0.000120. The van der Waals surface area contributed by atoms with Gasteiger partial charge in [-0.2, -0.15) is 15.0 Å². The fourth-order valence-electron chi connectivity index (χ4n) is 5.36. The molecule has 0 radical (unpaired) electrons. The Balaban J connectivity index is 1.08. The highest BCUT2D eigenvalue weighted by atomic mass is 16.6. The lowest BCUT2D eigenvalue weighted by Gasteiger charge is -2.28. The number of carbonyl (C=O) groups is 2. The van der Waals surface area contributed by atoms with E-state index in [9.17, 15) is 9.59 Å². The van der Waals surface area contributed by atoms with Crippen LogP contribution in [0, 0.1) is 0 Å².